The third kappa shape index (κ3) is 4.24. The molecular formula is C13H25N5S. The van der Waals surface area contributed by atoms with Crippen LogP contribution in [0.1, 0.15) is 33.5 Å². The van der Waals surface area contributed by atoms with Gasteiger partial charge >= 0.3 is 0 Å². The van der Waals surface area contributed by atoms with Crippen molar-refractivity contribution < 1.29 is 0 Å². The normalized spacial score (nSPS) is 13.2. The van der Waals surface area contributed by atoms with Gasteiger partial charge in [-0.1, -0.05) is 20.8 Å². The van der Waals surface area contributed by atoms with Gasteiger partial charge in [-0.25, -0.2) is 15.8 Å². The molecule has 1 aromatic heterocycles. The fourth-order valence-electron chi connectivity index (χ4n) is 1.60. The van der Waals surface area contributed by atoms with E-state index in [0.717, 1.165) is 17.4 Å². The van der Waals surface area contributed by atoms with Crippen molar-refractivity contribution in [2.24, 2.45) is 5.84 Å². The quantitative estimate of drug-likeness (QED) is 0.638. The summed E-state index contributed by atoms with van der Waals surface area (Å²) in [5.41, 5.74) is 2.52. The number of thioether (sulfide) groups is 1. The zero-order valence-electron chi connectivity index (χ0n) is 12.7. The molecule has 0 amide bonds. The van der Waals surface area contributed by atoms with E-state index in [0.29, 0.717) is 11.9 Å². The molecule has 5 nitrogen and oxygen atoms in total. The van der Waals surface area contributed by atoms with Crippen LogP contribution in [0.15, 0.2) is 6.07 Å². The van der Waals surface area contributed by atoms with Crippen molar-refractivity contribution in [1.29, 1.82) is 0 Å². The van der Waals surface area contributed by atoms with E-state index in [4.69, 9.17) is 5.84 Å². The van der Waals surface area contributed by atoms with Crippen LogP contribution in [-0.4, -0.2) is 35.1 Å². The van der Waals surface area contributed by atoms with Crippen LogP contribution in [0.4, 0.5) is 11.6 Å². The van der Waals surface area contributed by atoms with E-state index in [1.807, 2.05) is 17.8 Å². The molecule has 19 heavy (non-hydrogen) atoms. The van der Waals surface area contributed by atoms with E-state index in [1.165, 1.54) is 0 Å². The van der Waals surface area contributed by atoms with Gasteiger partial charge in [-0.15, -0.1) is 0 Å². The molecule has 0 aromatic carbocycles. The zero-order valence-corrected chi connectivity index (χ0v) is 13.5. The Bertz CT molecular complexity index is 416. The Balaban J connectivity index is 3.13. The standard InChI is InChI=1S/C13H25N5S/c1-9(8-19-6)18(5)11-7-10(17-14)15-12(16-11)13(2,3)4/h7,9H,8,14H2,1-6H3,(H,15,16,17). The number of nitrogen functional groups attached to an aromatic ring is 1. The molecule has 1 atom stereocenters. The molecule has 108 valence electrons. The van der Waals surface area contributed by atoms with Crippen molar-refractivity contribution in [3.63, 3.8) is 0 Å². The summed E-state index contributed by atoms with van der Waals surface area (Å²) in [5.74, 6) is 8.90. The molecule has 0 radical (unpaired) electrons. The Morgan fingerprint density at radius 3 is 2.53 bits per heavy atom. The summed E-state index contributed by atoms with van der Waals surface area (Å²) >= 11 is 1.83. The third-order valence-corrected chi connectivity index (χ3v) is 3.78. The Labute approximate surface area is 120 Å². The minimum Gasteiger partial charge on any atom is -0.356 e. The lowest BCUT2D eigenvalue weighted by Crippen LogP contribution is -2.32. The largest absolute Gasteiger partial charge is 0.356 e. The molecule has 0 aliphatic heterocycles. The Morgan fingerprint density at radius 1 is 1.42 bits per heavy atom. The van der Waals surface area contributed by atoms with E-state index in [9.17, 15) is 0 Å². The number of nitrogens with two attached hydrogens (primary N) is 1. The topological polar surface area (TPSA) is 67.1 Å². The van der Waals surface area contributed by atoms with E-state index >= 15 is 0 Å². The minimum atomic E-state index is -0.106. The number of hydrazine groups is 1. The van der Waals surface area contributed by atoms with Gasteiger partial charge in [0.1, 0.15) is 17.5 Å². The van der Waals surface area contributed by atoms with Crippen molar-refractivity contribution in [2.75, 3.05) is 29.4 Å². The van der Waals surface area contributed by atoms with Gasteiger partial charge in [-0.2, -0.15) is 11.8 Å². The Kier molecular flexibility index (Phi) is 5.43. The first-order valence-corrected chi connectivity index (χ1v) is 7.77. The molecule has 0 aliphatic rings. The highest BCUT2D eigenvalue weighted by Crippen LogP contribution is 2.24. The number of hydrogen-bond donors (Lipinski definition) is 2. The van der Waals surface area contributed by atoms with Crippen LogP contribution in [0.3, 0.4) is 0 Å². The summed E-state index contributed by atoms with van der Waals surface area (Å²) in [4.78, 5) is 11.3. The van der Waals surface area contributed by atoms with Gasteiger partial charge in [0, 0.05) is 30.3 Å². The second kappa shape index (κ2) is 6.43. The van der Waals surface area contributed by atoms with Gasteiger partial charge in [0.05, 0.1) is 0 Å². The van der Waals surface area contributed by atoms with Gasteiger partial charge < -0.3 is 10.3 Å². The predicted molar refractivity (Wildman–Crippen MR) is 84.8 cm³/mol. The van der Waals surface area contributed by atoms with E-state index < -0.39 is 0 Å². The third-order valence-electron chi connectivity index (χ3n) is 2.96. The van der Waals surface area contributed by atoms with Crippen molar-refractivity contribution in [3.05, 3.63) is 11.9 Å². The summed E-state index contributed by atoms with van der Waals surface area (Å²) < 4.78 is 0. The lowest BCUT2D eigenvalue weighted by Gasteiger charge is -2.27. The molecule has 0 spiro atoms. The molecule has 1 heterocycles. The number of nitrogens with one attached hydrogen (secondary N) is 1. The minimum absolute atomic E-state index is 0.106. The van der Waals surface area contributed by atoms with E-state index in [1.54, 1.807) is 0 Å². The second-order valence-electron chi connectivity index (χ2n) is 5.74. The van der Waals surface area contributed by atoms with E-state index in [2.05, 4.69) is 61.3 Å². The average molecular weight is 283 g/mol. The summed E-state index contributed by atoms with van der Waals surface area (Å²) in [6.45, 7) is 8.47. The number of nitrogens with zero attached hydrogens (tertiary/aromatic N) is 3. The maximum Gasteiger partial charge on any atom is 0.145 e. The van der Waals surface area contributed by atoms with Crippen molar-refractivity contribution in [1.82, 2.24) is 9.97 Å². The first-order chi connectivity index (χ1) is 8.79. The van der Waals surface area contributed by atoms with Gasteiger partial charge in [-0.3, -0.25) is 0 Å². The fourth-order valence-corrected chi connectivity index (χ4v) is 2.31. The van der Waals surface area contributed by atoms with Crippen LogP contribution in [-0.2, 0) is 5.41 Å². The zero-order chi connectivity index (χ0) is 14.6. The van der Waals surface area contributed by atoms with E-state index in [-0.39, 0.29) is 5.41 Å². The highest BCUT2D eigenvalue weighted by molar-refractivity contribution is 7.98. The maximum absolute atomic E-state index is 5.50. The summed E-state index contributed by atoms with van der Waals surface area (Å²) in [6, 6.07) is 2.29. The first-order valence-electron chi connectivity index (χ1n) is 6.37. The van der Waals surface area contributed by atoms with Gasteiger partial charge in [0.15, 0.2) is 0 Å². The van der Waals surface area contributed by atoms with Gasteiger partial charge in [0.2, 0.25) is 0 Å². The Hall–Kier alpha value is -1.01. The van der Waals surface area contributed by atoms with Crippen molar-refractivity contribution in [2.45, 2.75) is 39.2 Å². The molecule has 1 rings (SSSR count). The first kappa shape index (κ1) is 16.0. The molecule has 0 saturated heterocycles. The molecular weight excluding hydrogens is 258 g/mol. The number of rotatable bonds is 5. The van der Waals surface area contributed by atoms with Crippen LogP contribution in [0.2, 0.25) is 0 Å². The highest BCUT2D eigenvalue weighted by Gasteiger charge is 2.21. The smallest absolute Gasteiger partial charge is 0.145 e. The van der Waals surface area contributed by atoms with Crippen LogP contribution in [0.5, 0.6) is 0 Å². The second-order valence-corrected chi connectivity index (χ2v) is 6.66. The molecule has 0 fully saturated rings. The molecule has 0 bridgehead atoms. The molecule has 1 aromatic rings. The fraction of sp³-hybridized carbons (Fsp3) is 0.692. The van der Waals surface area contributed by atoms with Crippen LogP contribution in [0.25, 0.3) is 0 Å². The number of aromatic nitrogens is 2. The lowest BCUT2D eigenvalue weighted by molar-refractivity contribution is 0.544. The SMILES string of the molecule is CSCC(C)N(C)c1cc(NN)nc(C(C)(C)C)n1. The molecule has 0 saturated carbocycles. The van der Waals surface area contributed by atoms with Crippen LogP contribution in [0, 0.1) is 0 Å². The molecule has 3 N–H and O–H groups in total. The number of hydrogen-bond acceptors (Lipinski definition) is 6. The number of anilines is 2. The highest BCUT2D eigenvalue weighted by atomic mass is 32.2. The lowest BCUT2D eigenvalue weighted by atomic mass is 9.96. The summed E-state index contributed by atoms with van der Waals surface area (Å²) in [7, 11) is 2.05. The molecule has 6 heteroatoms. The van der Waals surface area contributed by atoms with Crippen molar-refractivity contribution in [3.8, 4) is 0 Å². The summed E-state index contributed by atoms with van der Waals surface area (Å²) in [5, 5.41) is 0. The van der Waals surface area contributed by atoms with Crippen LogP contribution >= 0.6 is 11.8 Å². The molecule has 1 unspecified atom stereocenters. The predicted octanol–water partition coefficient (Wildman–Crippen LogP) is 2.25. The summed E-state index contributed by atoms with van der Waals surface area (Å²) in [6.07, 6.45) is 2.11. The Morgan fingerprint density at radius 2 is 2.05 bits per heavy atom. The average Bonchev–Trinajstić information content (AvgIpc) is 2.36. The monoisotopic (exact) mass is 283 g/mol. The van der Waals surface area contributed by atoms with Crippen LogP contribution < -0.4 is 16.2 Å². The van der Waals surface area contributed by atoms with Crippen molar-refractivity contribution >= 4 is 23.4 Å². The van der Waals surface area contributed by atoms with Gasteiger partial charge in [0.25, 0.3) is 0 Å². The van der Waals surface area contributed by atoms with Gasteiger partial charge in [-0.05, 0) is 13.2 Å². The molecule has 0 aliphatic carbocycles. The maximum atomic E-state index is 5.50.